The van der Waals surface area contributed by atoms with Crippen LogP contribution in [0.15, 0.2) is 48.9 Å². The molecule has 0 saturated heterocycles. The average Bonchev–Trinajstić information content (AvgIpc) is 3.29. The Kier molecular flexibility index (Phi) is 4.24. The van der Waals surface area contributed by atoms with Gasteiger partial charge in [0.2, 0.25) is 10.1 Å². The average molecular weight is 366 g/mol. The standard InChI is InChI=1S/C19H22N6S/c1-19(2,3)16-13-25-18(22-16)26-17(23-25)20-10-9-14-11-21-24(12-14)15-7-5-4-6-8-15/h4-8,11-13H,9-10H2,1-3H3,(H,20,23). The van der Waals surface area contributed by atoms with Gasteiger partial charge in [-0.25, -0.2) is 14.2 Å². The second-order valence-corrected chi connectivity index (χ2v) is 8.27. The number of anilines is 1. The summed E-state index contributed by atoms with van der Waals surface area (Å²) in [6, 6.07) is 10.1. The molecule has 0 saturated carbocycles. The molecule has 0 aliphatic rings. The van der Waals surface area contributed by atoms with Gasteiger partial charge >= 0.3 is 0 Å². The number of benzene rings is 1. The highest BCUT2D eigenvalue weighted by atomic mass is 32.1. The normalized spacial score (nSPS) is 12.0. The molecule has 3 heterocycles. The van der Waals surface area contributed by atoms with Crippen LogP contribution in [0, 0.1) is 0 Å². The van der Waals surface area contributed by atoms with Gasteiger partial charge in [-0.1, -0.05) is 50.3 Å². The maximum atomic E-state index is 4.67. The quantitative estimate of drug-likeness (QED) is 0.581. The molecule has 0 spiro atoms. The Balaban J connectivity index is 1.37. The molecule has 1 N–H and O–H groups in total. The van der Waals surface area contributed by atoms with Crippen molar-refractivity contribution < 1.29 is 0 Å². The van der Waals surface area contributed by atoms with Gasteiger partial charge in [0, 0.05) is 18.2 Å². The van der Waals surface area contributed by atoms with Crippen molar-refractivity contribution >= 4 is 21.4 Å². The SMILES string of the molecule is CC(C)(C)c1cn2nc(NCCc3cnn(-c4ccccc4)c3)sc2n1. The maximum Gasteiger partial charge on any atom is 0.214 e. The Morgan fingerprint density at radius 3 is 2.65 bits per heavy atom. The zero-order valence-corrected chi connectivity index (χ0v) is 16.0. The summed E-state index contributed by atoms with van der Waals surface area (Å²) < 4.78 is 3.77. The predicted molar refractivity (Wildman–Crippen MR) is 105 cm³/mol. The lowest BCUT2D eigenvalue weighted by atomic mass is 9.93. The second-order valence-electron chi connectivity index (χ2n) is 7.32. The van der Waals surface area contributed by atoms with E-state index in [-0.39, 0.29) is 5.41 Å². The van der Waals surface area contributed by atoms with E-state index < -0.39 is 0 Å². The summed E-state index contributed by atoms with van der Waals surface area (Å²) in [4.78, 5) is 5.60. The first-order valence-corrected chi connectivity index (χ1v) is 9.50. The molecule has 0 aliphatic carbocycles. The lowest BCUT2D eigenvalue weighted by molar-refractivity contribution is 0.572. The summed E-state index contributed by atoms with van der Waals surface area (Å²) in [6.07, 6.45) is 6.89. The molecule has 26 heavy (non-hydrogen) atoms. The van der Waals surface area contributed by atoms with E-state index in [9.17, 15) is 0 Å². The van der Waals surface area contributed by atoms with E-state index in [1.807, 2.05) is 51.9 Å². The predicted octanol–water partition coefficient (Wildman–Crippen LogP) is 3.93. The van der Waals surface area contributed by atoms with Gasteiger partial charge in [0.1, 0.15) is 0 Å². The van der Waals surface area contributed by atoms with Crippen molar-refractivity contribution in [2.75, 3.05) is 11.9 Å². The fourth-order valence-electron chi connectivity index (χ4n) is 2.66. The Morgan fingerprint density at radius 1 is 1.12 bits per heavy atom. The summed E-state index contributed by atoms with van der Waals surface area (Å²) >= 11 is 1.58. The van der Waals surface area contributed by atoms with Gasteiger partial charge in [0.15, 0.2) is 0 Å². The molecule has 0 aliphatic heterocycles. The monoisotopic (exact) mass is 366 g/mol. The van der Waals surface area contributed by atoms with Gasteiger partial charge in [-0.05, 0) is 24.1 Å². The van der Waals surface area contributed by atoms with E-state index in [1.54, 1.807) is 11.3 Å². The number of para-hydroxylation sites is 1. The van der Waals surface area contributed by atoms with Crippen molar-refractivity contribution in [1.29, 1.82) is 0 Å². The van der Waals surface area contributed by atoms with Gasteiger partial charge in [-0.2, -0.15) is 5.10 Å². The van der Waals surface area contributed by atoms with E-state index in [0.29, 0.717) is 0 Å². The molecular formula is C19H22N6S. The van der Waals surface area contributed by atoms with Crippen LogP contribution in [0.4, 0.5) is 5.13 Å². The molecule has 3 aromatic heterocycles. The van der Waals surface area contributed by atoms with Crippen molar-refractivity contribution in [2.45, 2.75) is 32.6 Å². The molecule has 0 amide bonds. The van der Waals surface area contributed by atoms with Gasteiger partial charge in [0.25, 0.3) is 0 Å². The molecule has 0 radical (unpaired) electrons. The van der Waals surface area contributed by atoms with Crippen molar-refractivity contribution in [3.8, 4) is 5.69 Å². The Bertz CT molecular complexity index is 974. The largest absolute Gasteiger partial charge is 0.360 e. The maximum absolute atomic E-state index is 4.67. The van der Waals surface area contributed by atoms with Crippen LogP contribution in [-0.4, -0.2) is 30.9 Å². The molecule has 134 valence electrons. The van der Waals surface area contributed by atoms with Crippen LogP contribution >= 0.6 is 11.3 Å². The summed E-state index contributed by atoms with van der Waals surface area (Å²) in [5.41, 5.74) is 3.37. The summed E-state index contributed by atoms with van der Waals surface area (Å²) in [6.45, 7) is 7.29. The Labute approximate surface area is 156 Å². The number of hydrogen-bond donors (Lipinski definition) is 1. The van der Waals surface area contributed by atoms with Gasteiger partial charge in [-0.15, -0.1) is 5.10 Å². The number of imidazole rings is 1. The zero-order valence-electron chi connectivity index (χ0n) is 15.2. The van der Waals surface area contributed by atoms with Gasteiger partial charge < -0.3 is 5.32 Å². The van der Waals surface area contributed by atoms with Crippen LogP contribution in [-0.2, 0) is 11.8 Å². The molecule has 1 aromatic carbocycles. The van der Waals surface area contributed by atoms with E-state index in [4.69, 9.17) is 0 Å². The molecule has 4 rings (SSSR count). The van der Waals surface area contributed by atoms with E-state index in [0.717, 1.165) is 34.4 Å². The van der Waals surface area contributed by atoms with E-state index in [2.05, 4.69) is 47.5 Å². The molecule has 0 fully saturated rings. The first-order valence-electron chi connectivity index (χ1n) is 8.68. The van der Waals surface area contributed by atoms with Crippen LogP contribution in [0.2, 0.25) is 0 Å². The highest BCUT2D eigenvalue weighted by Crippen LogP contribution is 2.25. The number of rotatable bonds is 5. The molecule has 0 atom stereocenters. The van der Waals surface area contributed by atoms with E-state index >= 15 is 0 Å². The number of aromatic nitrogens is 5. The highest BCUT2D eigenvalue weighted by Gasteiger charge is 2.19. The molecular weight excluding hydrogens is 344 g/mol. The van der Waals surface area contributed by atoms with E-state index in [1.165, 1.54) is 5.56 Å². The smallest absolute Gasteiger partial charge is 0.214 e. The highest BCUT2D eigenvalue weighted by molar-refractivity contribution is 7.20. The summed E-state index contributed by atoms with van der Waals surface area (Å²) in [5, 5.41) is 13.3. The second kappa shape index (κ2) is 6.57. The van der Waals surface area contributed by atoms with Gasteiger partial charge in [0.05, 0.1) is 23.8 Å². The number of nitrogens with one attached hydrogen (secondary N) is 1. The first-order chi connectivity index (χ1) is 12.5. The zero-order chi connectivity index (χ0) is 18.1. The van der Waals surface area contributed by atoms with Crippen LogP contribution in [0.1, 0.15) is 32.0 Å². The van der Waals surface area contributed by atoms with Crippen molar-refractivity contribution in [3.05, 3.63) is 60.2 Å². The van der Waals surface area contributed by atoms with Crippen LogP contribution in [0.25, 0.3) is 10.6 Å². The molecule has 7 heteroatoms. The summed E-state index contributed by atoms with van der Waals surface area (Å²) in [7, 11) is 0. The molecule has 0 bridgehead atoms. The molecule has 0 unspecified atom stereocenters. The lowest BCUT2D eigenvalue weighted by Crippen LogP contribution is -2.11. The number of fused-ring (bicyclic) bond motifs is 1. The minimum Gasteiger partial charge on any atom is -0.360 e. The van der Waals surface area contributed by atoms with Crippen molar-refractivity contribution in [2.24, 2.45) is 0 Å². The Morgan fingerprint density at radius 2 is 1.92 bits per heavy atom. The number of nitrogens with zero attached hydrogens (tertiary/aromatic N) is 5. The molecule has 4 aromatic rings. The van der Waals surface area contributed by atoms with Gasteiger partial charge in [-0.3, -0.25) is 0 Å². The first kappa shape index (κ1) is 16.8. The third kappa shape index (κ3) is 3.48. The Hall–Kier alpha value is -2.67. The van der Waals surface area contributed by atoms with Crippen molar-refractivity contribution in [1.82, 2.24) is 24.4 Å². The third-order valence-electron chi connectivity index (χ3n) is 4.16. The third-order valence-corrected chi connectivity index (χ3v) is 5.04. The fraction of sp³-hybridized carbons (Fsp3) is 0.316. The van der Waals surface area contributed by atoms with Crippen LogP contribution in [0.5, 0.6) is 0 Å². The van der Waals surface area contributed by atoms with Crippen LogP contribution in [0.3, 0.4) is 0 Å². The topological polar surface area (TPSA) is 60.0 Å². The minimum atomic E-state index is 0.0416. The fourth-order valence-corrected chi connectivity index (χ4v) is 3.46. The molecule has 6 nitrogen and oxygen atoms in total. The van der Waals surface area contributed by atoms with Crippen LogP contribution < -0.4 is 5.32 Å². The lowest BCUT2D eigenvalue weighted by Gasteiger charge is -2.13. The summed E-state index contributed by atoms with van der Waals surface area (Å²) in [5.74, 6) is 0. The van der Waals surface area contributed by atoms with Crippen molar-refractivity contribution in [3.63, 3.8) is 0 Å². The number of hydrogen-bond acceptors (Lipinski definition) is 5. The minimum absolute atomic E-state index is 0.0416.